The number of aliphatic carboxylic acids is 1. The van der Waals surface area contributed by atoms with Crippen LogP contribution in [0.4, 0.5) is 0 Å². The van der Waals surface area contributed by atoms with Gasteiger partial charge in [-0.1, -0.05) is 0 Å². The predicted molar refractivity (Wildman–Crippen MR) is 57.1 cm³/mol. The zero-order valence-electron chi connectivity index (χ0n) is 9.36. The first-order chi connectivity index (χ1) is 8.35. The van der Waals surface area contributed by atoms with Gasteiger partial charge in [-0.05, 0) is 0 Å². The van der Waals surface area contributed by atoms with E-state index in [4.69, 9.17) is 5.11 Å². The lowest BCUT2D eigenvalue weighted by molar-refractivity contribution is -0.141. The Bertz CT molecular complexity index is 549. The molecule has 0 atom stereocenters. The van der Waals surface area contributed by atoms with Crippen molar-refractivity contribution in [3.8, 4) is 0 Å². The molecule has 2 N–H and O–H groups in total. The van der Waals surface area contributed by atoms with Gasteiger partial charge in [-0.15, -0.1) is 0 Å². The highest BCUT2D eigenvalue weighted by atomic mass is 32.2. The quantitative estimate of drug-likeness (QED) is 0.600. The molecule has 0 aromatic carbocycles. The van der Waals surface area contributed by atoms with Crippen LogP contribution in [0, 0.1) is 0 Å². The van der Waals surface area contributed by atoms with Gasteiger partial charge in [-0.2, -0.15) is 9.82 Å². The number of aromatic nitrogens is 2. The van der Waals surface area contributed by atoms with Crippen LogP contribution >= 0.6 is 0 Å². The highest BCUT2D eigenvalue weighted by molar-refractivity contribution is 7.89. The van der Waals surface area contributed by atoms with Crippen LogP contribution in [0.2, 0.25) is 0 Å². The summed E-state index contributed by atoms with van der Waals surface area (Å²) >= 11 is 0. The number of nitrogens with zero attached hydrogens (tertiary/aromatic N) is 2. The molecule has 0 aliphatic heterocycles. The smallest absolute Gasteiger partial charge is 0.327 e. The topological polar surface area (TPSA) is 128 Å². The number of methoxy groups -OCH3 is 1. The van der Waals surface area contributed by atoms with Crippen molar-refractivity contribution in [3.63, 3.8) is 0 Å². The molecule has 0 unspecified atom stereocenters. The Morgan fingerprint density at radius 3 is 2.78 bits per heavy atom. The number of carboxylic acids is 1. The van der Waals surface area contributed by atoms with Gasteiger partial charge in [0.1, 0.15) is 18.0 Å². The fourth-order valence-electron chi connectivity index (χ4n) is 1.01. The summed E-state index contributed by atoms with van der Waals surface area (Å²) in [7, 11) is -2.75. The number of carbonyl (C=O) groups excluding carboxylic acids is 1. The summed E-state index contributed by atoms with van der Waals surface area (Å²) in [6.07, 6.45) is 2.11. The van der Waals surface area contributed by atoms with Crippen LogP contribution < -0.4 is 4.72 Å². The molecule has 0 aliphatic carbocycles. The fraction of sp³-hybridized carbons (Fsp3) is 0.375. The second kappa shape index (κ2) is 5.60. The van der Waals surface area contributed by atoms with Gasteiger partial charge in [0.2, 0.25) is 10.0 Å². The van der Waals surface area contributed by atoms with E-state index in [0.717, 1.165) is 17.1 Å². The van der Waals surface area contributed by atoms with Gasteiger partial charge in [0, 0.05) is 6.20 Å². The number of carboxylic acid groups (broad SMARTS) is 1. The maximum Gasteiger partial charge on any atom is 0.327 e. The molecule has 9 nitrogen and oxygen atoms in total. The minimum Gasteiger partial charge on any atom is -0.480 e. The van der Waals surface area contributed by atoms with Crippen molar-refractivity contribution in [3.05, 3.63) is 12.4 Å². The van der Waals surface area contributed by atoms with Crippen LogP contribution in [-0.2, 0) is 30.9 Å². The number of hydrogen-bond donors (Lipinski definition) is 2. The SMILES string of the molecule is COC(=O)Cn1cc(S(=O)(=O)NCC(=O)O)cn1. The van der Waals surface area contributed by atoms with Crippen molar-refractivity contribution in [1.29, 1.82) is 0 Å². The first-order valence-corrected chi connectivity index (χ1v) is 6.14. The van der Waals surface area contributed by atoms with E-state index in [1.807, 2.05) is 4.72 Å². The van der Waals surface area contributed by atoms with Crippen LogP contribution in [0.25, 0.3) is 0 Å². The lowest BCUT2D eigenvalue weighted by Gasteiger charge is -2.01. The molecule has 0 saturated heterocycles. The van der Waals surface area contributed by atoms with Crippen LogP contribution in [0.1, 0.15) is 0 Å². The van der Waals surface area contributed by atoms with Crippen molar-refractivity contribution >= 4 is 22.0 Å². The average molecular weight is 277 g/mol. The van der Waals surface area contributed by atoms with Crippen molar-refractivity contribution in [1.82, 2.24) is 14.5 Å². The van der Waals surface area contributed by atoms with E-state index in [0.29, 0.717) is 0 Å². The van der Waals surface area contributed by atoms with Gasteiger partial charge < -0.3 is 9.84 Å². The minimum atomic E-state index is -3.94. The van der Waals surface area contributed by atoms with E-state index < -0.39 is 28.5 Å². The lowest BCUT2D eigenvalue weighted by atomic mass is 10.6. The third-order valence-electron chi connectivity index (χ3n) is 1.85. The number of rotatable bonds is 6. The molecule has 1 aromatic rings. The van der Waals surface area contributed by atoms with Gasteiger partial charge in [-0.25, -0.2) is 8.42 Å². The van der Waals surface area contributed by atoms with E-state index in [2.05, 4.69) is 9.84 Å². The Labute approximate surface area is 102 Å². The van der Waals surface area contributed by atoms with E-state index in [9.17, 15) is 18.0 Å². The molecule has 18 heavy (non-hydrogen) atoms. The predicted octanol–water partition coefficient (Wildman–Crippen LogP) is -1.58. The molecular formula is C8H11N3O6S. The number of nitrogens with one attached hydrogen (secondary N) is 1. The maximum absolute atomic E-state index is 11.6. The number of hydrogen-bond acceptors (Lipinski definition) is 6. The first kappa shape index (κ1) is 14.1. The summed E-state index contributed by atoms with van der Waals surface area (Å²) < 4.78 is 30.4. The highest BCUT2D eigenvalue weighted by Crippen LogP contribution is 2.06. The van der Waals surface area contributed by atoms with Crippen molar-refractivity contribution < 1.29 is 27.9 Å². The Balaban J connectivity index is 2.78. The molecule has 0 saturated carbocycles. The maximum atomic E-state index is 11.6. The summed E-state index contributed by atoms with van der Waals surface area (Å²) in [4.78, 5) is 21.0. The van der Waals surface area contributed by atoms with Gasteiger partial charge in [0.15, 0.2) is 0 Å². The molecule has 1 aromatic heterocycles. The molecule has 100 valence electrons. The van der Waals surface area contributed by atoms with Crippen molar-refractivity contribution in [2.45, 2.75) is 11.4 Å². The summed E-state index contributed by atoms with van der Waals surface area (Å²) in [6, 6.07) is 0. The van der Waals surface area contributed by atoms with E-state index in [1.54, 1.807) is 0 Å². The first-order valence-electron chi connectivity index (χ1n) is 4.66. The molecule has 0 fully saturated rings. The van der Waals surface area contributed by atoms with E-state index in [1.165, 1.54) is 7.11 Å². The summed E-state index contributed by atoms with van der Waals surface area (Å²) in [5, 5.41) is 12.0. The molecule has 0 amide bonds. The zero-order chi connectivity index (χ0) is 13.8. The van der Waals surface area contributed by atoms with E-state index in [-0.39, 0.29) is 11.4 Å². The highest BCUT2D eigenvalue weighted by Gasteiger charge is 2.18. The van der Waals surface area contributed by atoms with Crippen molar-refractivity contribution in [2.24, 2.45) is 0 Å². The summed E-state index contributed by atoms with van der Waals surface area (Å²) in [5.74, 6) is -1.89. The van der Waals surface area contributed by atoms with Crippen LogP contribution in [0.3, 0.4) is 0 Å². The van der Waals surface area contributed by atoms with Gasteiger partial charge in [-0.3, -0.25) is 14.3 Å². The number of esters is 1. The largest absolute Gasteiger partial charge is 0.480 e. The second-order valence-corrected chi connectivity index (χ2v) is 4.93. The van der Waals surface area contributed by atoms with Gasteiger partial charge in [0.25, 0.3) is 0 Å². The molecule has 0 aliphatic rings. The van der Waals surface area contributed by atoms with Crippen molar-refractivity contribution in [2.75, 3.05) is 13.7 Å². The van der Waals surface area contributed by atoms with Gasteiger partial charge in [0.05, 0.1) is 13.3 Å². The molecule has 1 rings (SSSR count). The Hall–Kier alpha value is -1.94. The molecule has 0 radical (unpaired) electrons. The Morgan fingerprint density at radius 1 is 1.56 bits per heavy atom. The second-order valence-electron chi connectivity index (χ2n) is 3.17. The van der Waals surface area contributed by atoms with Crippen LogP contribution in [0.5, 0.6) is 0 Å². The lowest BCUT2D eigenvalue weighted by Crippen LogP contribution is -2.29. The van der Waals surface area contributed by atoms with E-state index >= 15 is 0 Å². The van der Waals surface area contributed by atoms with Gasteiger partial charge >= 0.3 is 11.9 Å². The molecule has 1 heterocycles. The van der Waals surface area contributed by atoms with Crippen LogP contribution in [-0.4, -0.2) is 48.9 Å². The third-order valence-corrected chi connectivity index (χ3v) is 3.21. The number of carbonyl (C=O) groups is 2. The number of ether oxygens (including phenoxy) is 1. The zero-order valence-corrected chi connectivity index (χ0v) is 10.2. The molecule has 0 spiro atoms. The molecule has 0 bridgehead atoms. The normalized spacial score (nSPS) is 11.2. The third kappa shape index (κ3) is 3.82. The molecular weight excluding hydrogens is 266 g/mol. The summed E-state index contributed by atoms with van der Waals surface area (Å²) in [5.41, 5.74) is 0. The number of sulfonamides is 1. The Kier molecular flexibility index (Phi) is 4.39. The summed E-state index contributed by atoms with van der Waals surface area (Å²) in [6.45, 7) is -0.963. The monoisotopic (exact) mass is 277 g/mol. The van der Waals surface area contributed by atoms with Crippen LogP contribution in [0.15, 0.2) is 17.3 Å². The Morgan fingerprint density at radius 2 is 2.22 bits per heavy atom. The fourth-order valence-corrected chi connectivity index (χ4v) is 1.93. The average Bonchev–Trinajstić information content (AvgIpc) is 2.75. The minimum absolute atomic E-state index is 0.229. The standard InChI is InChI=1S/C8H11N3O6S/c1-17-8(14)5-11-4-6(2-9-11)18(15,16)10-3-7(12)13/h2,4,10H,3,5H2,1H3,(H,12,13). The molecule has 10 heteroatoms.